The molecule has 5 nitrogen and oxygen atoms in total. The molecule has 0 saturated carbocycles. The van der Waals surface area contributed by atoms with Crippen molar-refractivity contribution in [3.63, 3.8) is 0 Å². The van der Waals surface area contributed by atoms with E-state index in [4.69, 9.17) is 4.42 Å². The van der Waals surface area contributed by atoms with Gasteiger partial charge in [0.05, 0.1) is 6.54 Å². The summed E-state index contributed by atoms with van der Waals surface area (Å²) in [6.45, 7) is 1.57. The minimum Gasteiger partial charge on any atom is -0.407 e. The molecule has 90 valence electrons. The zero-order valence-corrected chi connectivity index (χ0v) is 10.3. The van der Waals surface area contributed by atoms with Crippen LogP contribution in [0.5, 0.6) is 0 Å². The van der Waals surface area contributed by atoms with Gasteiger partial charge in [0, 0.05) is 6.54 Å². The molecule has 0 spiro atoms. The fraction of sp³-hybridized carbons (Fsp3) is 0.800. The Morgan fingerprint density at radius 2 is 2.19 bits per heavy atom. The zero-order valence-electron chi connectivity index (χ0n) is 9.53. The van der Waals surface area contributed by atoms with Gasteiger partial charge in [0.25, 0.3) is 0 Å². The largest absolute Gasteiger partial charge is 0.407 e. The molecule has 1 aromatic rings. The molecule has 0 atom stereocenters. The van der Waals surface area contributed by atoms with Crippen molar-refractivity contribution in [1.29, 1.82) is 0 Å². The smallest absolute Gasteiger partial charge is 0.315 e. The Hall–Kier alpha value is -0.750. The maximum absolute atomic E-state index is 5.41. The third-order valence-electron chi connectivity index (χ3n) is 2.68. The van der Waals surface area contributed by atoms with Gasteiger partial charge >= 0.3 is 6.01 Å². The van der Waals surface area contributed by atoms with E-state index in [9.17, 15) is 0 Å². The second kappa shape index (κ2) is 6.10. The molecule has 2 N–H and O–H groups in total. The fourth-order valence-electron chi connectivity index (χ4n) is 1.73. The fourth-order valence-corrected chi connectivity index (χ4v) is 2.93. The molecule has 1 fully saturated rings. The zero-order chi connectivity index (χ0) is 11.2. The lowest BCUT2D eigenvalue weighted by molar-refractivity contribution is 0.472. The Morgan fingerprint density at radius 1 is 1.38 bits per heavy atom. The van der Waals surface area contributed by atoms with Crippen molar-refractivity contribution in [1.82, 2.24) is 15.5 Å². The average molecular weight is 242 g/mol. The van der Waals surface area contributed by atoms with Gasteiger partial charge in [0.2, 0.25) is 5.89 Å². The van der Waals surface area contributed by atoms with Crippen LogP contribution in [0.3, 0.4) is 0 Å². The Morgan fingerprint density at radius 3 is 2.94 bits per heavy atom. The van der Waals surface area contributed by atoms with Gasteiger partial charge in [0.1, 0.15) is 0 Å². The molecule has 2 heterocycles. The van der Waals surface area contributed by atoms with Crippen LogP contribution in [-0.2, 0) is 6.54 Å². The molecule has 16 heavy (non-hydrogen) atoms. The van der Waals surface area contributed by atoms with Gasteiger partial charge in [0.15, 0.2) is 0 Å². The van der Waals surface area contributed by atoms with E-state index in [2.05, 4.69) is 20.8 Å². The van der Waals surface area contributed by atoms with E-state index in [0.717, 1.165) is 12.5 Å². The number of nitrogens with zero attached hydrogens (tertiary/aromatic N) is 2. The van der Waals surface area contributed by atoms with Crippen molar-refractivity contribution in [3.05, 3.63) is 5.89 Å². The lowest BCUT2D eigenvalue weighted by Crippen LogP contribution is -2.19. The first-order valence-electron chi connectivity index (χ1n) is 5.67. The van der Waals surface area contributed by atoms with E-state index in [0.29, 0.717) is 18.5 Å². The average Bonchev–Trinajstić information content (AvgIpc) is 2.76. The molecular formula is C10H18N4OS. The second-order valence-corrected chi connectivity index (χ2v) is 5.19. The Balaban J connectivity index is 1.75. The van der Waals surface area contributed by atoms with Crippen LogP contribution in [0.15, 0.2) is 4.42 Å². The molecule has 1 aliphatic rings. The number of hydrogen-bond donors (Lipinski definition) is 2. The molecule has 0 bridgehead atoms. The molecule has 0 amide bonds. The summed E-state index contributed by atoms with van der Waals surface area (Å²) in [6.07, 6.45) is 2.57. The Bertz CT molecular complexity index is 312. The summed E-state index contributed by atoms with van der Waals surface area (Å²) in [5, 5.41) is 14.1. The number of anilines is 1. The predicted octanol–water partition coefficient (Wildman–Crippen LogP) is 1.34. The molecule has 6 heteroatoms. The van der Waals surface area contributed by atoms with E-state index in [1.54, 1.807) is 0 Å². The maximum atomic E-state index is 5.41. The van der Waals surface area contributed by atoms with Gasteiger partial charge < -0.3 is 15.1 Å². The van der Waals surface area contributed by atoms with Crippen molar-refractivity contribution in [2.75, 3.05) is 30.4 Å². The molecule has 0 aromatic carbocycles. The Labute approximate surface area is 99.8 Å². The van der Waals surface area contributed by atoms with Crippen LogP contribution < -0.4 is 10.6 Å². The normalized spacial score (nSPS) is 17.6. The summed E-state index contributed by atoms with van der Waals surface area (Å²) in [5.41, 5.74) is 0. The van der Waals surface area contributed by atoms with Gasteiger partial charge in [-0.05, 0) is 37.3 Å². The highest BCUT2D eigenvalue weighted by molar-refractivity contribution is 7.99. The van der Waals surface area contributed by atoms with Gasteiger partial charge in [-0.3, -0.25) is 0 Å². The van der Waals surface area contributed by atoms with Gasteiger partial charge in [-0.25, -0.2) is 0 Å². The van der Waals surface area contributed by atoms with E-state index >= 15 is 0 Å². The van der Waals surface area contributed by atoms with Gasteiger partial charge in [-0.2, -0.15) is 11.8 Å². The summed E-state index contributed by atoms with van der Waals surface area (Å²) >= 11 is 2.04. The number of hydrogen-bond acceptors (Lipinski definition) is 6. The molecule has 0 unspecified atom stereocenters. The number of thioether (sulfide) groups is 1. The van der Waals surface area contributed by atoms with Crippen LogP contribution in [0, 0.1) is 5.92 Å². The lowest BCUT2D eigenvalue weighted by atomic mass is 10.0. The van der Waals surface area contributed by atoms with Crippen LogP contribution >= 0.6 is 11.8 Å². The van der Waals surface area contributed by atoms with E-state index in [-0.39, 0.29) is 0 Å². The van der Waals surface area contributed by atoms with E-state index in [1.165, 1.54) is 24.3 Å². The van der Waals surface area contributed by atoms with Crippen LogP contribution in [0.25, 0.3) is 0 Å². The SMILES string of the molecule is CNCc1nnc(NCC2CCSCC2)o1. The first-order valence-corrected chi connectivity index (χ1v) is 6.82. The van der Waals surface area contributed by atoms with Crippen molar-refractivity contribution in [3.8, 4) is 0 Å². The first-order chi connectivity index (χ1) is 7.88. The highest BCUT2D eigenvalue weighted by atomic mass is 32.2. The number of aromatic nitrogens is 2. The number of nitrogens with one attached hydrogen (secondary N) is 2. The summed E-state index contributed by atoms with van der Waals surface area (Å²) in [7, 11) is 1.86. The summed E-state index contributed by atoms with van der Waals surface area (Å²) in [6, 6.07) is 0.545. The van der Waals surface area contributed by atoms with E-state index < -0.39 is 0 Å². The highest BCUT2D eigenvalue weighted by Crippen LogP contribution is 2.22. The van der Waals surface area contributed by atoms with Crippen LogP contribution in [0.4, 0.5) is 6.01 Å². The van der Waals surface area contributed by atoms with Crippen molar-refractivity contribution >= 4 is 17.8 Å². The summed E-state index contributed by atoms with van der Waals surface area (Å²) in [5.74, 6) is 3.94. The number of rotatable bonds is 5. The Kier molecular flexibility index (Phi) is 4.47. The molecule has 0 aliphatic carbocycles. The summed E-state index contributed by atoms with van der Waals surface area (Å²) < 4.78 is 5.41. The standard InChI is InChI=1S/C10H18N4OS/c1-11-7-9-13-14-10(15-9)12-6-8-2-4-16-5-3-8/h8,11H,2-7H2,1H3,(H,12,14). The molecule has 0 radical (unpaired) electrons. The molecular weight excluding hydrogens is 224 g/mol. The predicted molar refractivity (Wildman–Crippen MR) is 65.6 cm³/mol. The summed E-state index contributed by atoms with van der Waals surface area (Å²) in [4.78, 5) is 0. The highest BCUT2D eigenvalue weighted by Gasteiger charge is 2.14. The quantitative estimate of drug-likeness (QED) is 0.812. The molecule has 1 saturated heterocycles. The minimum absolute atomic E-state index is 0.545. The van der Waals surface area contributed by atoms with Crippen LogP contribution in [0.1, 0.15) is 18.7 Å². The van der Waals surface area contributed by atoms with Crippen molar-refractivity contribution < 1.29 is 4.42 Å². The van der Waals surface area contributed by atoms with Crippen molar-refractivity contribution in [2.45, 2.75) is 19.4 Å². The maximum Gasteiger partial charge on any atom is 0.315 e. The van der Waals surface area contributed by atoms with Crippen LogP contribution in [-0.4, -0.2) is 35.3 Å². The van der Waals surface area contributed by atoms with E-state index in [1.807, 2.05) is 18.8 Å². The second-order valence-electron chi connectivity index (χ2n) is 3.97. The third-order valence-corrected chi connectivity index (χ3v) is 3.73. The molecule has 1 aliphatic heterocycles. The third kappa shape index (κ3) is 3.38. The van der Waals surface area contributed by atoms with Gasteiger partial charge in [-0.15, -0.1) is 5.10 Å². The molecule has 2 rings (SSSR count). The molecule has 1 aromatic heterocycles. The van der Waals surface area contributed by atoms with Crippen LogP contribution in [0.2, 0.25) is 0 Å². The topological polar surface area (TPSA) is 63.0 Å². The lowest BCUT2D eigenvalue weighted by Gasteiger charge is -2.20. The van der Waals surface area contributed by atoms with Gasteiger partial charge in [-0.1, -0.05) is 5.10 Å². The first kappa shape index (κ1) is 11.7. The van der Waals surface area contributed by atoms with Crippen molar-refractivity contribution in [2.24, 2.45) is 5.92 Å². The minimum atomic E-state index is 0.545. The monoisotopic (exact) mass is 242 g/mol.